The minimum atomic E-state index is -0.878. The molecule has 0 atom stereocenters. The van der Waals surface area contributed by atoms with Gasteiger partial charge in [-0.15, -0.1) is 11.6 Å². The molecule has 0 fully saturated rings. The van der Waals surface area contributed by atoms with Gasteiger partial charge in [-0.3, -0.25) is 4.79 Å². The third kappa shape index (κ3) is 4.23. The second-order valence-corrected chi connectivity index (χ2v) is 4.02. The van der Waals surface area contributed by atoms with Crippen molar-refractivity contribution in [3.8, 4) is 0 Å². The molecule has 18 heavy (non-hydrogen) atoms. The van der Waals surface area contributed by atoms with Crippen LogP contribution >= 0.6 is 11.6 Å². The number of alkyl halides is 1. The predicted molar refractivity (Wildman–Crippen MR) is 65.0 cm³/mol. The summed E-state index contributed by atoms with van der Waals surface area (Å²) in [7, 11) is 0. The predicted octanol–water partition coefficient (Wildman–Crippen LogP) is 2.26. The molecular formula is C12H14ClF2NO2. The first-order chi connectivity index (χ1) is 8.56. The number of nitrogens with one attached hydrogen (secondary N) is 1. The van der Waals surface area contributed by atoms with Crippen LogP contribution < -0.4 is 5.32 Å². The molecule has 0 saturated heterocycles. The summed E-state index contributed by atoms with van der Waals surface area (Å²) in [4.78, 5) is 11.6. The fourth-order valence-electron chi connectivity index (χ4n) is 1.32. The van der Waals surface area contributed by atoms with Crippen molar-refractivity contribution >= 4 is 17.5 Å². The van der Waals surface area contributed by atoms with Crippen molar-refractivity contribution in [3.63, 3.8) is 0 Å². The molecule has 0 aromatic heterocycles. The minimum absolute atomic E-state index is 0.175. The minimum Gasteiger partial charge on any atom is -0.378 e. The molecule has 0 unspecified atom stereocenters. The molecular weight excluding hydrogens is 264 g/mol. The Kier molecular flexibility index (Phi) is 6.01. The lowest BCUT2D eigenvalue weighted by molar-refractivity contribution is 0.0919. The first kappa shape index (κ1) is 14.9. The quantitative estimate of drug-likeness (QED) is 0.640. The number of carbonyl (C=O) groups excluding carboxylic acids is 1. The molecule has 1 aromatic carbocycles. The maximum absolute atomic E-state index is 13.4. The number of aryl methyl sites for hydroxylation is 1. The van der Waals surface area contributed by atoms with Crippen molar-refractivity contribution in [1.29, 1.82) is 0 Å². The lowest BCUT2D eigenvalue weighted by Crippen LogP contribution is -2.28. The van der Waals surface area contributed by atoms with E-state index in [2.05, 4.69) is 5.32 Å². The number of carbonyl (C=O) groups is 1. The van der Waals surface area contributed by atoms with Crippen molar-refractivity contribution < 1.29 is 18.3 Å². The number of hydrogen-bond acceptors (Lipinski definition) is 2. The molecule has 0 radical (unpaired) electrons. The Morgan fingerprint density at radius 3 is 2.72 bits per heavy atom. The van der Waals surface area contributed by atoms with Crippen LogP contribution in [0.25, 0.3) is 0 Å². The number of halogens is 3. The van der Waals surface area contributed by atoms with Crippen LogP contribution in [0, 0.1) is 18.6 Å². The zero-order valence-corrected chi connectivity index (χ0v) is 10.7. The van der Waals surface area contributed by atoms with Gasteiger partial charge in [-0.25, -0.2) is 8.78 Å². The molecule has 0 spiro atoms. The highest BCUT2D eigenvalue weighted by Crippen LogP contribution is 2.13. The average Bonchev–Trinajstić information content (AvgIpc) is 2.33. The second kappa shape index (κ2) is 7.28. The van der Waals surface area contributed by atoms with E-state index in [0.29, 0.717) is 25.2 Å². The number of ether oxygens (including phenoxy) is 1. The first-order valence-electron chi connectivity index (χ1n) is 5.43. The highest BCUT2D eigenvalue weighted by molar-refractivity contribution is 6.17. The third-order valence-corrected chi connectivity index (χ3v) is 2.40. The van der Waals surface area contributed by atoms with Crippen molar-refractivity contribution in [2.45, 2.75) is 6.92 Å². The SMILES string of the molecule is Cc1cc(C(=O)NCCOCCCl)c(F)cc1F. The van der Waals surface area contributed by atoms with Crippen molar-refractivity contribution in [1.82, 2.24) is 5.32 Å². The van der Waals surface area contributed by atoms with E-state index >= 15 is 0 Å². The Balaban J connectivity index is 2.54. The normalized spacial score (nSPS) is 10.4. The van der Waals surface area contributed by atoms with E-state index in [-0.39, 0.29) is 17.7 Å². The van der Waals surface area contributed by atoms with Gasteiger partial charge in [-0.2, -0.15) is 0 Å². The molecule has 3 nitrogen and oxygen atoms in total. The van der Waals surface area contributed by atoms with Crippen LogP contribution in [0.5, 0.6) is 0 Å². The van der Waals surface area contributed by atoms with Crippen LogP contribution in [-0.4, -0.2) is 31.5 Å². The van der Waals surface area contributed by atoms with Gasteiger partial charge >= 0.3 is 0 Å². The van der Waals surface area contributed by atoms with Crippen molar-refractivity contribution in [3.05, 3.63) is 34.9 Å². The van der Waals surface area contributed by atoms with E-state index in [4.69, 9.17) is 16.3 Å². The zero-order chi connectivity index (χ0) is 13.5. The van der Waals surface area contributed by atoms with Crippen LogP contribution in [0.15, 0.2) is 12.1 Å². The van der Waals surface area contributed by atoms with Crippen molar-refractivity contribution in [2.75, 3.05) is 25.6 Å². The molecule has 0 saturated carbocycles. The van der Waals surface area contributed by atoms with E-state index in [0.717, 1.165) is 0 Å². The molecule has 6 heteroatoms. The zero-order valence-electron chi connectivity index (χ0n) is 9.93. The van der Waals surface area contributed by atoms with Crippen LogP contribution in [0.3, 0.4) is 0 Å². The molecule has 100 valence electrons. The van der Waals surface area contributed by atoms with Gasteiger partial charge in [0, 0.05) is 18.5 Å². The Hall–Kier alpha value is -1.20. The first-order valence-corrected chi connectivity index (χ1v) is 5.97. The molecule has 1 rings (SSSR count). The summed E-state index contributed by atoms with van der Waals surface area (Å²) in [6, 6.07) is 1.88. The van der Waals surface area contributed by atoms with E-state index in [1.54, 1.807) is 0 Å². The maximum atomic E-state index is 13.4. The molecule has 1 aromatic rings. The monoisotopic (exact) mass is 277 g/mol. The summed E-state index contributed by atoms with van der Waals surface area (Å²) < 4.78 is 31.4. The molecule has 1 N–H and O–H groups in total. The van der Waals surface area contributed by atoms with Gasteiger partial charge in [0.1, 0.15) is 11.6 Å². The van der Waals surface area contributed by atoms with Crippen molar-refractivity contribution in [2.24, 2.45) is 0 Å². The van der Waals surface area contributed by atoms with Gasteiger partial charge in [-0.05, 0) is 18.6 Å². The van der Waals surface area contributed by atoms with Gasteiger partial charge in [0.25, 0.3) is 5.91 Å². The highest BCUT2D eigenvalue weighted by Gasteiger charge is 2.13. The smallest absolute Gasteiger partial charge is 0.254 e. The van der Waals surface area contributed by atoms with Gasteiger partial charge < -0.3 is 10.1 Å². The van der Waals surface area contributed by atoms with Crippen LogP contribution in [0.4, 0.5) is 8.78 Å². The summed E-state index contributed by atoms with van der Waals surface area (Å²) in [6.45, 7) is 2.39. The van der Waals surface area contributed by atoms with Crippen LogP contribution in [0.2, 0.25) is 0 Å². The van der Waals surface area contributed by atoms with E-state index in [1.807, 2.05) is 0 Å². The van der Waals surface area contributed by atoms with Crippen LogP contribution in [-0.2, 0) is 4.74 Å². The topological polar surface area (TPSA) is 38.3 Å². The largest absolute Gasteiger partial charge is 0.378 e. The third-order valence-electron chi connectivity index (χ3n) is 2.25. The molecule has 1 amide bonds. The number of rotatable bonds is 6. The van der Waals surface area contributed by atoms with Crippen LogP contribution in [0.1, 0.15) is 15.9 Å². The summed E-state index contributed by atoms with van der Waals surface area (Å²) in [5, 5.41) is 2.48. The lowest BCUT2D eigenvalue weighted by Gasteiger charge is -2.07. The summed E-state index contributed by atoms with van der Waals surface area (Å²) >= 11 is 5.39. The highest BCUT2D eigenvalue weighted by atomic mass is 35.5. The number of amides is 1. The molecule has 0 aliphatic heterocycles. The van der Waals surface area contributed by atoms with Gasteiger partial charge in [0.2, 0.25) is 0 Å². The van der Waals surface area contributed by atoms with E-state index < -0.39 is 17.5 Å². The Bertz CT molecular complexity index is 427. The van der Waals surface area contributed by atoms with Gasteiger partial charge in [-0.1, -0.05) is 0 Å². The average molecular weight is 278 g/mol. The second-order valence-electron chi connectivity index (χ2n) is 3.64. The van der Waals surface area contributed by atoms with Gasteiger partial charge in [0.15, 0.2) is 0 Å². The fourth-order valence-corrected chi connectivity index (χ4v) is 1.43. The molecule has 0 aliphatic carbocycles. The standard InChI is InChI=1S/C12H14ClF2NO2/c1-8-6-9(11(15)7-10(8)14)12(17)16-3-5-18-4-2-13/h6-7H,2-5H2,1H3,(H,16,17). The number of benzene rings is 1. The Morgan fingerprint density at radius 1 is 1.33 bits per heavy atom. The van der Waals surface area contributed by atoms with E-state index in [9.17, 15) is 13.6 Å². The lowest BCUT2D eigenvalue weighted by atomic mass is 10.1. The van der Waals surface area contributed by atoms with E-state index in [1.165, 1.54) is 13.0 Å². The number of hydrogen-bond donors (Lipinski definition) is 1. The summed E-state index contributed by atoms with van der Waals surface area (Å²) in [5.74, 6) is -1.77. The van der Waals surface area contributed by atoms with Gasteiger partial charge in [0.05, 0.1) is 18.8 Å². The Morgan fingerprint density at radius 2 is 2.06 bits per heavy atom. The summed E-state index contributed by atoms with van der Waals surface area (Å²) in [5.41, 5.74) is 0.0474. The summed E-state index contributed by atoms with van der Waals surface area (Å²) in [6.07, 6.45) is 0. The Labute approximate surface area is 109 Å². The molecule has 0 bridgehead atoms. The molecule has 0 heterocycles. The maximum Gasteiger partial charge on any atom is 0.254 e. The fraction of sp³-hybridized carbons (Fsp3) is 0.417. The molecule has 0 aliphatic rings.